The Hall–Kier alpha value is -8.99. The second-order valence-electron chi connectivity index (χ2n) is 17.1. The number of aromatic nitrogens is 4. The lowest BCUT2D eigenvalue weighted by Crippen LogP contribution is -1.96. The van der Waals surface area contributed by atoms with E-state index in [4.69, 9.17) is 15.0 Å². The van der Waals surface area contributed by atoms with Crippen LogP contribution in [0.5, 0.6) is 0 Å². The molecule has 0 unspecified atom stereocenters. The molecule has 67 heavy (non-hydrogen) atoms. The van der Waals surface area contributed by atoms with Gasteiger partial charge in [0.05, 0.1) is 33.6 Å². The van der Waals surface area contributed by atoms with Crippen LogP contribution in [-0.4, -0.2) is 19.5 Å². The molecule has 4 nitrogen and oxygen atoms in total. The van der Waals surface area contributed by atoms with Gasteiger partial charge in [-0.2, -0.15) is 0 Å². The highest BCUT2D eigenvalue weighted by molar-refractivity contribution is 6.29. The van der Waals surface area contributed by atoms with E-state index >= 15 is 0 Å². The van der Waals surface area contributed by atoms with Gasteiger partial charge in [-0.05, 0) is 63.2 Å². The quantitative estimate of drug-likeness (QED) is 0.150. The van der Waals surface area contributed by atoms with Gasteiger partial charge >= 0.3 is 0 Å². The van der Waals surface area contributed by atoms with Crippen molar-refractivity contribution in [2.45, 2.75) is 0 Å². The molecular formula is C63H40N4. The predicted molar refractivity (Wildman–Crippen MR) is 279 cm³/mol. The molecular weight excluding hydrogens is 813 g/mol. The fourth-order valence-corrected chi connectivity index (χ4v) is 10.1. The zero-order valence-corrected chi connectivity index (χ0v) is 36.4. The highest BCUT2D eigenvalue weighted by Crippen LogP contribution is 2.45. The van der Waals surface area contributed by atoms with Gasteiger partial charge in [0.15, 0.2) is 5.82 Å². The molecule has 0 amide bonds. The largest absolute Gasteiger partial charge is 0.309 e. The van der Waals surface area contributed by atoms with Crippen molar-refractivity contribution in [3.8, 4) is 73.1 Å². The molecule has 4 heteroatoms. The third kappa shape index (κ3) is 6.49. The van der Waals surface area contributed by atoms with Crippen molar-refractivity contribution < 1.29 is 0 Å². The van der Waals surface area contributed by atoms with Crippen molar-refractivity contribution in [3.63, 3.8) is 0 Å². The summed E-state index contributed by atoms with van der Waals surface area (Å²) in [6.07, 6.45) is 0. The van der Waals surface area contributed by atoms with E-state index in [0.29, 0.717) is 5.82 Å². The molecule has 0 radical (unpaired) electrons. The number of benzene rings is 10. The Morgan fingerprint density at radius 3 is 1.55 bits per heavy atom. The first-order chi connectivity index (χ1) is 33.2. The first kappa shape index (κ1) is 38.5. The average molecular weight is 853 g/mol. The summed E-state index contributed by atoms with van der Waals surface area (Å²) < 4.78 is 2.39. The van der Waals surface area contributed by atoms with Gasteiger partial charge in [0.25, 0.3) is 0 Å². The topological polar surface area (TPSA) is 43.6 Å². The van der Waals surface area contributed by atoms with Crippen molar-refractivity contribution >= 4 is 54.3 Å². The summed E-state index contributed by atoms with van der Waals surface area (Å²) in [5.74, 6) is 0.705. The molecule has 0 saturated heterocycles. The Morgan fingerprint density at radius 1 is 0.284 bits per heavy atom. The van der Waals surface area contributed by atoms with Crippen LogP contribution in [0.4, 0.5) is 0 Å². The van der Waals surface area contributed by atoms with E-state index in [2.05, 4.69) is 223 Å². The zero-order valence-electron chi connectivity index (χ0n) is 36.4. The molecule has 0 N–H and O–H groups in total. The minimum Gasteiger partial charge on any atom is -0.309 e. The van der Waals surface area contributed by atoms with Gasteiger partial charge in [-0.15, -0.1) is 0 Å². The molecule has 0 fully saturated rings. The Bertz CT molecular complexity index is 3940. The van der Waals surface area contributed by atoms with Crippen LogP contribution in [0.15, 0.2) is 243 Å². The Labute approximate surface area is 387 Å². The van der Waals surface area contributed by atoms with Crippen molar-refractivity contribution in [3.05, 3.63) is 243 Å². The molecule has 3 heterocycles. The number of hydrogen-bond donors (Lipinski definition) is 0. The average Bonchev–Trinajstić information content (AvgIpc) is 3.76. The van der Waals surface area contributed by atoms with Gasteiger partial charge in [-0.1, -0.05) is 212 Å². The van der Waals surface area contributed by atoms with E-state index < -0.39 is 0 Å². The first-order valence-corrected chi connectivity index (χ1v) is 22.8. The number of para-hydroxylation sites is 3. The molecule has 0 aliphatic rings. The fourth-order valence-electron chi connectivity index (χ4n) is 10.1. The number of nitrogens with zero attached hydrogens (tertiary/aromatic N) is 4. The van der Waals surface area contributed by atoms with E-state index in [0.717, 1.165) is 83.5 Å². The van der Waals surface area contributed by atoms with E-state index in [1.54, 1.807) is 0 Å². The highest BCUT2D eigenvalue weighted by atomic mass is 15.0. The van der Waals surface area contributed by atoms with E-state index in [1.807, 2.05) is 24.3 Å². The van der Waals surface area contributed by atoms with Crippen LogP contribution in [-0.2, 0) is 0 Å². The van der Waals surface area contributed by atoms with Gasteiger partial charge < -0.3 is 4.57 Å². The lowest BCUT2D eigenvalue weighted by atomic mass is 9.91. The van der Waals surface area contributed by atoms with Crippen molar-refractivity contribution in [1.29, 1.82) is 0 Å². The summed E-state index contributed by atoms with van der Waals surface area (Å²) in [6.45, 7) is 0. The summed E-state index contributed by atoms with van der Waals surface area (Å²) >= 11 is 0. The minimum absolute atomic E-state index is 0.705. The molecule has 0 bridgehead atoms. The molecule has 13 rings (SSSR count). The van der Waals surface area contributed by atoms with Crippen molar-refractivity contribution in [1.82, 2.24) is 19.5 Å². The lowest BCUT2D eigenvalue weighted by Gasteiger charge is -2.16. The SMILES string of the molecule is c1ccc(-c2cc(-c3ccc(-c4ccc(-c5cccc6c5nc(-c5ccccc5)c5c6ccc6c5c5ccccc5n6-c5ccccc5)cc4)c4ccccc34)nc(-c3ccccc3)n2)cc1. The molecule has 0 aliphatic heterocycles. The highest BCUT2D eigenvalue weighted by Gasteiger charge is 2.21. The summed E-state index contributed by atoms with van der Waals surface area (Å²) in [6, 6.07) is 86.2. The molecule has 0 atom stereocenters. The summed E-state index contributed by atoms with van der Waals surface area (Å²) in [7, 11) is 0. The van der Waals surface area contributed by atoms with E-state index in [9.17, 15) is 0 Å². The zero-order chi connectivity index (χ0) is 44.3. The van der Waals surface area contributed by atoms with Gasteiger partial charge in [-0.3, -0.25) is 0 Å². The molecule has 10 aromatic carbocycles. The molecule has 312 valence electrons. The molecule has 0 saturated carbocycles. The van der Waals surface area contributed by atoms with Crippen molar-refractivity contribution in [2.75, 3.05) is 0 Å². The maximum absolute atomic E-state index is 5.68. The standard InChI is InChI=1S/C63H40N4/c1-5-18-43(19-6-1)55-40-56(65-63(64-55)45-22-9-3-10-23-45)51-37-36-47(49-26-13-14-27-50(49)51)41-32-34-42(35-33-41)48-29-17-30-53-52-38-39-58-59(60(52)61(66-62(48)53)44-20-7-2-8-21-44)54-28-15-16-31-57(54)67(58)46-24-11-4-12-25-46/h1-40H. The number of hydrogen-bond acceptors (Lipinski definition) is 3. The monoisotopic (exact) mass is 852 g/mol. The summed E-state index contributed by atoms with van der Waals surface area (Å²) in [4.78, 5) is 15.9. The maximum atomic E-state index is 5.68. The van der Waals surface area contributed by atoms with Crippen LogP contribution < -0.4 is 0 Å². The Kier molecular flexibility index (Phi) is 9.14. The van der Waals surface area contributed by atoms with E-state index in [-0.39, 0.29) is 0 Å². The number of fused-ring (bicyclic) bond motifs is 8. The van der Waals surface area contributed by atoms with Crippen LogP contribution in [0.25, 0.3) is 127 Å². The Balaban J connectivity index is 0.951. The maximum Gasteiger partial charge on any atom is 0.160 e. The van der Waals surface area contributed by atoms with Gasteiger partial charge in [0, 0.05) is 55.0 Å². The van der Waals surface area contributed by atoms with Crippen LogP contribution in [0.1, 0.15) is 0 Å². The summed E-state index contributed by atoms with van der Waals surface area (Å²) in [5, 5.41) is 8.22. The third-order valence-electron chi connectivity index (χ3n) is 13.2. The predicted octanol–water partition coefficient (Wildman–Crippen LogP) is 16.4. The molecule has 3 aromatic heterocycles. The third-order valence-corrected chi connectivity index (χ3v) is 13.2. The lowest BCUT2D eigenvalue weighted by molar-refractivity contribution is 1.18. The van der Waals surface area contributed by atoms with E-state index in [1.165, 1.54) is 38.0 Å². The minimum atomic E-state index is 0.705. The molecule has 0 spiro atoms. The molecule has 13 aromatic rings. The van der Waals surface area contributed by atoms with Gasteiger partial charge in [-0.25, -0.2) is 15.0 Å². The first-order valence-electron chi connectivity index (χ1n) is 22.8. The molecule has 0 aliphatic carbocycles. The normalized spacial score (nSPS) is 11.6. The number of pyridine rings is 1. The van der Waals surface area contributed by atoms with Crippen LogP contribution in [0, 0.1) is 0 Å². The fraction of sp³-hybridized carbons (Fsp3) is 0. The second kappa shape index (κ2) is 15.9. The summed E-state index contributed by atoms with van der Waals surface area (Å²) in [5.41, 5.74) is 15.9. The second-order valence-corrected chi connectivity index (χ2v) is 17.1. The van der Waals surface area contributed by atoms with Crippen LogP contribution >= 0.6 is 0 Å². The van der Waals surface area contributed by atoms with Gasteiger partial charge in [0.2, 0.25) is 0 Å². The smallest absolute Gasteiger partial charge is 0.160 e. The Morgan fingerprint density at radius 2 is 0.836 bits per heavy atom. The van der Waals surface area contributed by atoms with Crippen molar-refractivity contribution in [2.24, 2.45) is 0 Å². The van der Waals surface area contributed by atoms with Crippen LogP contribution in [0.3, 0.4) is 0 Å². The van der Waals surface area contributed by atoms with Crippen LogP contribution in [0.2, 0.25) is 0 Å². The van der Waals surface area contributed by atoms with Gasteiger partial charge in [0.1, 0.15) is 0 Å². The number of rotatable bonds is 7.